The predicted octanol–water partition coefficient (Wildman–Crippen LogP) is 3.91. The van der Waals surface area contributed by atoms with Crippen molar-refractivity contribution >= 4 is 28.6 Å². The lowest BCUT2D eigenvalue weighted by Crippen LogP contribution is -2.44. The number of benzene rings is 2. The largest absolute Gasteiger partial charge is 0.325 e. The number of likely N-dealkylation sites (N-methyl/N-ethyl adjacent to an activating group) is 1. The van der Waals surface area contributed by atoms with Crippen LogP contribution in [0.5, 0.6) is 0 Å². The summed E-state index contributed by atoms with van der Waals surface area (Å²) in [6, 6.07) is 13.1. The number of nitrogens with one attached hydrogen (secondary N) is 1. The Labute approximate surface area is 176 Å². The highest BCUT2D eigenvalue weighted by Crippen LogP contribution is 2.31. The molecule has 0 saturated carbocycles. The molecule has 1 saturated heterocycles. The van der Waals surface area contributed by atoms with E-state index in [-0.39, 0.29) is 12.5 Å². The first-order chi connectivity index (χ1) is 14.4. The van der Waals surface area contributed by atoms with Gasteiger partial charge < -0.3 is 10.2 Å². The van der Waals surface area contributed by atoms with Gasteiger partial charge in [0, 0.05) is 12.2 Å². The minimum Gasteiger partial charge on any atom is -0.319 e. The van der Waals surface area contributed by atoms with E-state index in [1.165, 1.54) is 0 Å². The van der Waals surface area contributed by atoms with Crippen LogP contribution in [0.3, 0.4) is 0 Å². The second-order valence-electron chi connectivity index (χ2n) is 8.09. The Bertz CT molecular complexity index is 1040. The molecule has 1 fully saturated rings. The van der Waals surface area contributed by atoms with Gasteiger partial charge >= 0.3 is 6.03 Å². The Hall–Kier alpha value is -3.15. The molecule has 2 aromatic carbocycles. The number of rotatable bonds is 5. The third-order valence-electron chi connectivity index (χ3n) is 6.13. The first-order valence-corrected chi connectivity index (χ1v) is 10.6. The Morgan fingerprint density at radius 1 is 1.13 bits per heavy atom. The number of imide groups is 1. The van der Waals surface area contributed by atoms with Gasteiger partial charge in [-0.15, -0.1) is 0 Å². The van der Waals surface area contributed by atoms with Crippen LogP contribution in [0.15, 0.2) is 54.2 Å². The monoisotopic (exact) mass is 405 g/mol. The summed E-state index contributed by atoms with van der Waals surface area (Å²) in [6.45, 7) is 3.89. The zero-order chi connectivity index (χ0) is 21.3. The van der Waals surface area contributed by atoms with Crippen LogP contribution in [-0.4, -0.2) is 40.7 Å². The third kappa shape index (κ3) is 3.47. The number of fused-ring (bicyclic) bond motifs is 1. The number of amides is 4. The normalized spacial score (nSPS) is 21.5. The van der Waals surface area contributed by atoms with Gasteiger partial charge in [-0.1, -0.05) is 42.5 Å². The Kier molecular flexibility index (Phi) is 5.33. The van der Waals surface area contributed by atoms with E-state index in [1.54, 1.807) is 11.8 Å². The summed E-state index contributed by atoms with van der Waals surface area (Å²) in [5, 5.41) is 4.86. The predicted molar refractivity (Wildman–Crippen MR) is 115 cm³/mol. The van der Waals surface area contributed by atoms with E-state index in [0.717, 1.165) is 47.1 Å². The van der Waals surface area contributed by atoms with Crippen molar-refractivity contribution in [1.29, 1.82) is 0 Å². The molecule has 0 radical (unpaired) electrons. The third-order valence-corrected chi connectivity index (χ3v) is 6.13. The molecule has 1 N–H and O–H groups in total. The maximum Gasteiger partial charge on any atom is 0.325 e. The smallest absolute Gasteiger partial charge is 0.319 e. The second-order valence-corrected chi connectivity index (χ2v) is 8.09. The van der Waals surface area contributed by atoms with Gasteiger partial charge in [0.2, 0.25) is 5.91 Å². The molecule has 6 heteroatoms. The van der Waals surface area contributed by atoms with Gasteiger partial charge in [0.25, 0.3) is 5.91 Å². The zero-order valence-corrected chi connectivity index (χ0v) is 17.5. The summed E-state index contributed by atoms with van der Waals surface area (Å²) in [7, 11) is 0. The van der Waals surface area contributed by atoms with E-state index in [2.05, 4.69) is 11.4 Å². The number of allylic oxidation sites excluding steroid dienone is 2. The van der Waals surface area contributed by atoms with Crippen molar-refractivity contribution in [3.8, 4) is 0 Å². The fourth-order valence-electron chi connectivity index (χ4n) is 4.36. The number of nitrogens with zero attached hydrogens (tertiary/aromatic N) is 2. The molecular weight excluding hydrogens is 378 g/mol. The molecule has 0 aromatic heterocycles. The van der Waals surface area contributed by atoms with Crippen LogP contribution in [0.1, 0.15) is 45.1 Å². The lowest BCUT2D eigenvalue weighted by atomic mass is 9.90. The molecule has 0 spiro atoms. The lowest BCUT2D eigenvalue weighted by Gasteiger charge is -2.28. The van der Waals surface area contributed by atoms with Crippen molar-refractivity contribution in [1.82, 2.24) is 15.1 Å². The highest BCUT2D eigenvalue weighted by molar-refractivity contribution is 6.09. The maximum absolute atomic E-state index is 13.3. The molecule has 156 valence electrons. The van der Waals surface area contributed by atoms with Crippen LogP contribution < -0.4 is 5.32 Å². The molecule has 1 aliphatic heterocycles. The van der Waals surface area contributed by atoms with E-state index in [0.29, 0.717) is 12.1 Å². The summed E-state index contributed by atoms with van der Waals surface area (Å²) in [5.41, 5.74) is 0.512. The number of urea groups is 1. The molecule has 2 aromatic rings. The fourth-order valence-corrected chi connectivity index (χ4v) is 4.36. The number of carbonyl (C=O) groups excluding carboxylic acids is 3. The summed E-state index contributed by atoms with van der Waals surface area (Å²) in [6.07, 6.45) is 6.10. The highest BCUT2D eigenvalue weighted by Gasteiger charge is 2.49. The van der Waals surface area contributed by atoms with Gasteiger partial charge in [0.05, 0.1) is 0 Å². The molecule has 0 unspecified atom stereocenters. The van der Waals surface area contributed by atoms with Crippen molar-refractivity contribution < 1.29 is 14.4 Å². The van der Waals surface area contributed by atoms with Gasteiger partial charge in [-0.05, 0) is 61.9 Å². The summed E-state index contributed by atoms with van der Waals surface area (Å²) in [5.74, 6) is -0.623. The summed E-state index contributed by atoms with van der Waals surface area (Å²) >= 11 is 0. The number of hydrogen-bond donors (Lipinski definition) is 1. The highest BCUT2D eigenvalue weighted by atomic mass is 16.2. The van der Waals surface area contributed by atoms with Crippen molar-refractivity contribution in [3.05, 3.63) is 59.8 Å². The average Bonchev–Trinajstić information content (AvgIpc) is 2.98. The van der Waals surface area contributed by atoms with Gasteiger partial charge in [-0.3, -0.25) is 14.5 Å². The molecule has 1 aliphatic carbocycles. The minimum atomic E-state index is -1.19. The molecule has 30 heavy (non-hydrogen) atoms. The Balaban J connectivity index is 1.57. The van der Waals surface area contributed by atoms with E-state index in [1.807, 2.05) is 49.4 Å². The first kappa shape index (κ1) is 20.1. The molecule has 6 nitrogen and oxygen atoms in total. The van der Waals surface area contributed by atoms with Crippen LogP contribution in [0.25, 0.3) is 10.8 Å². The van der Waals surface area contributed by atoms with Crippen molar-refractivity contribution in [2.45, 2.75) is 45.1 Å². The summed E-state index contributed by atoms with van der Waals surface area (Å²) < 4.78 is 0. The van der Waals surface area contributed by atoms with Crippen LogP contribution in [0.2, 0.25) is 0 Å². The fraction of sp³-hybridized carbons (Fsp3) is 0.375. The van der Waals surface area contributed by atoms with Crippen molar-refractivity contribution in [3.63, 3.8) is 0 Å². The number of hydrogen-bond acceptors (Lipinski definition) is 3. The molecule has 0 bridgehead atoms. The zero-order valence-electron chi connectivity index (χ0n) is 17.5. The quantitative estimate of drug-likeness (QED) is 0.767. The van der Waals surface area contributed by atoms with E-state index in [9.17, 15) is 14.4 Å². The maximum atomic E-state index is 13.3. The topological polar surface area (TPSA) is 69.7 Å². The first-order valence-electron chi connectivity index (χ1n) is 10.6. The second kappa shape index (κ2) is 7.94. The summed E-state index contributed by atoms with van der Waals surface area (Å²) in [4.78, 5) is 41.6. The van der Waals surface area contributed by atoms with Crippen molar-refractivity contribution in [2.24, 2.45) is 0 Å². The van der Waals surface area contributed by atoms with E-state index in [4.69, 9.17) is 0 Å². The van der Waals surface area contributed by atoms with Crippen LogP contribution in [0, 0.1) is 0 Å². The van der Waals surface area contributed by atoms with Gasteiger partial charge in [-0.2, -0.15) is 0 Å². The van der Waals surface area contributed by atoms with Gasteiger partial charge in [0.15, 0.2) is 0 Å². The van der Waals surface area contributed by atoms with Gasteiger partial charge in [-0.25, -0.2) is 4.79 Å². The van der Waals surface area contributed by atoms with Crippen LogP contribution in [-0.2, 0) is 15.1 Å². The molecule has 2 aliphatic rings. The average molecular weight is 405 g/mol. The molecule has 1 atom stereocenters. The van der Waals surface area contributed by atoms with Crippen molar-refractivity contribution in [2.75, 3.05) is 13.1 Å². The molecular formula is C24H27N3O3. The standard InChI is InChI=1S/C24H27N3O3/c1-3-26(20-11-5-4-6-12-20)21(28)16-27-22(29)24(2,25-23(27)30)19-14-13-17-9-7-8-10-18(17)15-19/h7-11,13-15H,3-6,12,16H2,1-2H3,(H,25,30)/t24-/m1/s1. The van der Waals surface area contributed by atoms with Crippen LogP contribution >= 0.6 is 0 Å². The van der Waals surface area contributed by atoms with E-state index < -0.39 is 17.5 Å². The lowest BCUT2D eigenvalue weighted by molar-refractivity contribution is -0.138. The van der Waals surface area contributed by atoms with Gasteiger partial charge in [0.1, 0.15) is 12.1 Å². The van der Waals surface area contributed by atoms with Crippen LogP contribution in [0.4, 0.5) is 4.79 Å². The minimum absolute atomic E-state index is 0.225. The number of carbonyl (C=O) groups is 3. The SMILES string of the molecule is CCN(C(=O)CN1C(=O)N[C@](C)(c2ccc3ccccc3c2)C1=O)C1=CCCCC1. The molecule has 1 heterocycles. The Morgan fingerprint density at radius 2 is 1.90 bits per heavy atom. The van der Waals surface area contributed by atoms with E-state index >= 15 is 0 Å². The molecule has 4 rings (SSSR count). The Morgan fingerprint density at radius 3 is 2.60 bits per heavy atom. The molecule has 4 amide bonds.